The number of hydrogen-bond donors (Lipinski definition) is 1. The van der Waals surface area contributed by atoms with Gasteiger partial charge in [0.05, 0.1) is 11.9 Å². The van der Waals surface area contributed by atoms with Crippen LogP contribution in [0.4, 0.5) is 0 Å². The summed E-state index contributed by atoms with van der Waals surface area (Å²) in [4.78, 5) is 14.7. The number of nitrogens with zero attached hydrogens (tertiary/aromatic N) is 3. The van der Waals surface area contributed by atoms with Crippen molar-refractivity contribution in [2.45, 2.75) is 25.8 Å². The molecule has 0 saturated heterocycles. The zero-order chi connectivity index (χ0) is 18.9. The van der Waals surface area contributed by atoms with Gasteiger partial charge in [-0.25, -0.2) is 4.68 Å². The minimum Gasteiger partial charge on any atom is -0.338 e. The summed E-state index contributed by atoms with van der Waals surface area (Å²) in [7, 11) is 0. The zero-order valence-corrected chi connectivity index (χ0v) is 16.7. The van der Waals surface area contributed by atoms with E-state index >= 15 is 0 Å². The number of halogens is 1. The molecule has 0 spiro atoms. The molecule has 3 aromatic rings. The lowest BCUT2D eigenvalue weighted by molar-refractivity contribution is -0.131. The predicted molar refractivity (Wildman–Crippen MR) is 115 cm³/mol. The second kappa shape index (κ2) is 11.3. The Balaban J connectivity index is 0.00000280. The number of aryl methyl sites for hydroxylation is 1. The first kappa shape index (κ1) is 21.7. The van der Waals surface area contributed by atoms with Crippen molar-refractivity contribution in [3.63, 3.8) is 0 Å². The molecule has 0 bridgehead atoms. The van der Waals surface area contributed by atoms with Gasteiger partial charge in [-0.15, -0.1) is 12.4 Å². The van der Waals surface area contributed by atoms with Crippen LogP contribution in [0.15, 0.2) is 73.1 Å². The van der Waals surface area contributed by atoms with Crippen LogP contribution in [0, 0.1) is 0 Å². The summed E-state index contributed by atoms with van der Waals surface area (Å²) in [6.07, 6.45) is 5.79. The Morgan fingerprint density at radius 1 is 1.00 bits per heavy atom. The van der Waals surface area contributed by atoms with Crippen molar-refractivity contribution in [1.29, 1.82) is 0 Å². The Kier molecular flexibility index (Phi) is 8.72. The average molecular weight is 399 g/mol. The Morgan fingerprint density at radius 3 is 2.36 bits per heavy atom. The zero-order valence-electron chi connectivity index (χ0n) is 15.9. The van der Waals surface area contributed by atoms with Crippen molar-refractivity contribution < 1.29 is 4.79 Å². The Labute approximate surface area is 172 Å². The highest BCUT2D eigenvalue weighted by molar-refractivity contribution is 5.85. The minimum atomic E-state index is 0. The van der Waals surface area contributed by atoms with E-state index in [1.54, 1.807) is 0 Å². The SMILES string of the molecule is Cl.NCCCN(Cc1ccccc1)C(=O)CCc1cnn(-c2ccccc2)c1. The number of para-hydroxylation sites is 1. The van der Waals surface area contributed by atoms with Crippen LogP contribution < -0.4 is 5.73 Å². The number of benzene rings is 2. The van der Waals surface area contributed by atoms with Gasteiger partial charge in [-0.05, 0) is 42.6 Å². The van der Waals surface area contributed by atoms with Crippen LogP contribution in [0.2, 0.25) is 0 Å². The highest BCUT2D eigenvalue weighted by Gasteiger charge is 2.14. The van der Waals surface area contributed by atoms with Gasteiger partial charge in [0.1, 0.15) is 0 Å². The average Bonchev–Trinajstić information content (AvgIpc) is 3.20. The van der Waals surface area contributed by atoms with Crippen LogP contribution in [0.3, 0.4) is 0 Å². The normalized spacial score (nSPS) is 10.3. The van der Waals surface area contributed by atoms with Crippen molar-refractivity contribution in [3.05, 3.63) is 84.2 Å². The van der Waals surface area contributed by atoms with E-state index in [9.17, 15) is 4.79 Å². The number of aromatic nitrogens is 2. The lowest BCUT2D eigenvalue weighted by atomic mass is 10.1. The Bertz CT molecular complexity index is 836. The molecular weight excluding hydrogens is 372 g/mol. The first-order valence-corrected chi connectivity index (χ1v) is 9.37. The first-order valence-electron chi connectivity index (χ1n) is 9.37. The number of rotatable bonds is 9. The smallest absolute Gasteiger partial charge is 0.223 e. The molecule has 0 atom stereocenters. The third kappa shape index (κ3) is 6.22. The van der Waals surface area contributed by atoms with E-state index in [0.717, 1.165) is 23.2 Å². The number of amides is 1. The molecule has 0 aliphatic heterocycles. The summed E-state index contributed by atoms with van der Waals surface area (Å²) >= 11 is 0. The summed E-state index contributed by atoms with van der Waals surface area (Å²) in [6, 6.07) is 20.1. The van der Waals surface area contributed by atoms with E-state index in [1.807, 2.05) is 82.6 Å². The molecular formula is C22H27ClN4O. The van der Waals surface area contributed by atoms with Gasteiger partial charge >= 0.3 is 0 Å². The summed E-state index contributed by atoms with van der Waals surface area (Å²) in [5.41, 5.74) is 8.86. The highest BCUT2D eigenvalue weighted by atomic mass is 35.5. The fourth-order valence-corrected chi connectivity index (χ4v) is 3.00. The largest absolute Gasteiger partial charge is 0.338 e. The number of hydrogen-bond acceptors (Lipinski definition) is 3. The molecule has 148 valence electrons. The van der Waals surface area contributed by atoms with E-state index in [-0.39, 0.29) is 18.3 Å². The Morgan fingerprint density at radius 2 is 1.68 bits per heavy atom. The van der Waals surface area contributed by atoms with Crippen molar-refractivity contribution in [2.24, 2.45) is 5.73 Å². The molecule has 3 rings (SSSR count). The van der Waals surface area contributed by atoms with Gasteiger partial charge in [-0.2, -0.15) is 5.10 Å². The number of carbonyl (C=O) groups is 1. The van der Waals surface area contributed by atoms with Crippen LogP contribution in [0.25, 0.3) is 5.69 Å². The first-order chi connectivity index (χ1) is 13.3. The summed E-state index contributed by atoms with van der Waals surface area (Å²) in [5, 5.41) is 4.40. The molecule has 28 heavy (non-hydrogen) atoms. The van der Waals surface area contributed by atoms with E-state index in [2.05, 4.69) is 5.10 Å². The van der Waals surface area contributed by atoms with E-state index in [4.69, 9.17) is 5.73 Å². The molecule has 1 amide bonds. The van der Waals surface area contributed by atoms with Gasteiger partial charge in [0.25, 0.3) is 0 Å². The number of carbonyl (C=O) groups excluding carboxylic acids is 1. The molecule has 0 radical (unpaired) electrons. The molecule has 0 unspecified atom stereocenters. The molecule has 2 N–H and O–H groups in total. The molecule has 0 aliphatic rings. The monoisotopic (exact) mass is 398 g/mol. The Hall–Kier alpha value is -2.63. The molecule has 5 nitrogen and oxygen atoms in total. The van der Waals surface area contributed by atoms with Gasteiger partial charge in [0.15, 0.2) is 0 Å². The van der Waals surface area contributed by atoms with E-state index in [1.165, 1.54) is 0 Å². The van der Waals surface area contributed by atoms with E-state index in [0.29, 0.717) is 32.5 Å². The summed E-state index contributed by atoms with van der Waals surface area (Å²) in [5.74, 6) is 0.153. The maximum atomic E-state index is 12.8. The lowest BCUT2D eigenvalue weighted by Gasteiger charge is -2.22. The fourth-order valence-electron chi connectivity index (χ4n) is 3.00. The molecule has 1 heterocycles. The van der Waals surface area contributed by atoms with Crippen LogP contribution in [-0.4, -0.2) is 33.7 Å². The third-order valence-corrected chi connectivity index (χ3v) is 4.49. The van der Waals surface area contributed by atoms with Crippen molar-refractivity contribution in [2.75, 3.05) is 13.1 Å². The maximum absolute atomic E-state index is 12.8. The summed E-state index contributed by atoms with van der Waals surface area (Å²) < 4.78 is 1.84. The second-order valence-corrected chi connectivity index (χ2v) is 6.57. The molecule has 0 aliphatic carbocycles. The maximum Gasteiger partial charge on any atom is 0.223 e. The minimum absolute atomic E-state index is 0. The predicted octanol–water partition coefficient (Wildman–Crippen LogP) is 3.60. The van der Waals surface area contributed by atoms with Crippen molar-refractivity contribution in [3.8, 4) is 5.69 Å². The second-order valence-electron chi connectivity index (χ2n) is 6.57. The molecule has 1 aromatic heterocycles. The third-order valence-electron chi connectivity index (χ3n) is 4.49. The fraction of sp³-hybridized carbons (Fsp3) is 0.273. The van der Waals surface area contributed by atoms with Gasteiger partial charge in [0, 0.05) is 25.7 Å². The standard InChI is InChI=1S/C22H26N4O.ClH/c23-14-7-15-25(17-19-8-3-1-4-9-19)22(27)13-12-20-16-24-26(18-20)21-10-5-2-6-11-21;/h1-6,8-11,16,18H,7,12-15,17,23H2;1H. The lowest BCUT2D eigenvalue weighted by Crippen LogP contribution is -2.32. The molecule has 0 saturated carbocycles. The summed E-state index contributed by atoms with van der Waals surface area (Å²) in [6.45, 7) is 1.90. The van der Waals surface area contributed by atoms with Crippen LogP contribution >= 0.6 is 12.4 Å². The molecule has 2 aromatic carbocycles. The van der Waals surface area contributed by atoms with Crippen molar-refractivity contribution in [1.82, 2.24) is 14.7 Å². The number of nitrogens with two attached hydrogens (primary N) is 1. The quantitative estimate of drug-likeness (QED) is 0.598. The van der Waals surface area contributed by atoms with Crippen LogP contribution in [-0.2, 0) is 17.8 Å². The topological polar surface area (TPSA) is 64.2 Å². The van der Waals surface area contributed by atoms with E-state index < -0.39 is 0 Å². The van der Waals surface area contributed by atoms with Gasteiger partial charge < -0.3 is 10.6 Å². The molecule has 0 fully saturated rings. The van der Waals surface area contributed by atoms with Gasteiger partial charge in [0.2, 0.25) is 5.91 Å². The van der Waals surface area contributed by atoms with Crippen molar-refractivity contribution >= 4 is 18.3 Å². The highest BCUT2D eigenvalue weighted by Crippen LogP contribution is 2.12. The molecule has 6 heteroatoms. The van der Waals surface area contributed by atoms with Crippen LogP contribution in [0.1, 0.15) is 24.0 Å². The van der Waals surface area contributed by atoms with Gasteiger partial charge in [-0.1, -0.05) is 48.5 Å². The van der Waals surface area contributed by atoms with Crippen LogP contribution in [0.5, 0.6) is 0 Å². The van der Waals surface area contributed by atoms with Gasteiger partial charge in [-0.3, -0.25) is 4.79 Å².